The molecule has 7 nitrogen and oxygen atoms in total. The van der Waals surface area contributed by atoms with E-state index in [4.69, 9.17) is 4.42 Å². The average Bonchev–Trinajstić information content (AvgIpc) is 3.40. The fraction of sp³-hybridized carbons (Fsp3) is 0.600. The smallest absolute Gasteiger partial charge is 0.277 e. The van der Waals surface area contributed by atoms with Crippen molar-refractivity contribution in [3.8, 4) is 6.07 Å². The number of rotatable bonds is 6. The Labute approximate surface area is 168 Å². The molecule has 28 heavy (non-hydrogen) atoms. The van der Waals surface area contributed by atoms with Crippen LogP contribution >= 0.6 is 11.8 Å². The number of carbonyl (C=O) groups is 1. The Morgan fingerprint density at radius 3 is 2.68 bits per heavy atom. The molecule has 1 amide bonds. The van der Waals surface area contributed by atoms with Crippen LogP contribution in [-0.4, -0.2) is 26.4 Å². The van der Waals surface area contributed by atoms with E-state index in [1.807, 2.05) is 13.8 Å². The fourth-order valence-corrected chi connectivity index (χ4v) is 4.52. The van der Waals surface area contributed by atoms with Crippen LogP contribution in [0.15, 0.2) is 9.64 Å². The molecule has 2 aromatic rings. The Kier molecular flexibility index (Phi) is 5.44. The van der Waals surface area contributed by atoms with E-state index < -0.39 is 0 Å². The van der Waals surface area contributed by atoms with Gasteiger partial charge >= 0.3 is 0 Å². The van der Waals surface area contributed by atoms with Gasteiger partial charge in [0.1, 0.15) is 11.9 Å². The van der Waals surface area contributed by atoms with Crippen molar-refractivity contribution in [1.29, 1.82) is 5.26 Å². The summed E-state index contributed by atoms with van der Waals surface area (Å²) in [4.78, 5) is 12.6. The molecule has 0 aliphatic heterocycles. The molecular weight excluding hydrogens is 374 g/mol. The van der Waals surface area contributed by atoms with E-state index in [-0.39, 0.29) is 11.7 Å². The molecule has 0 bridgehead atoms. The lowest BCUT2D eigenvalue weighted by Gasteiger charge is -2.27. The number of anilines is 1. The van der Waals surface area contributed by atoms with Gasteiger partial charge in [-0.2, -0.15) is 5.26 Å². The van der Waals surface area contributed by atoms with Crippen LogP contribution in [0.4, 0.5) is 5.82 Å². The van der Waals surface area contributed by atoms with Crippen molar-refractivity contribution >= 4 is 23.5 Å². The number of thioether (sulfide) groups is 1. The Morgan fingerprint density at radius 2 is 2.00 bits per heavy atom. The molecule has 1 N–H and O–H groups in total. The number of nitriles is 1. The second-order valence-electron chi connectivity index (χ2n) is 7.72. The second-order valence-corrected chi connectivity index (χ2v) is 8.65. The minimum Gasteiger partial charge on any atom is -0.416 e. The van der Waals surface area contributed by atoms with Crippen LogP contribution in [0, 0.1) is 25.2 Å². The summed E-state index contributed by atoms with van der Waals surface area (Å²) in [6, 6.07) is 2.63. The molecule has 0 spiro atoms. The number of carbonyl (C=O) groups excluding carboxylic acids is 1. The molecule has 148 valence electrons. The van der Waals surface area contributed by atoms with Crippen molar-refractivity contribution in [2.75, 3.05) is 11.1 Å². The first-order chi connectivity index (χ1) is 13.6. The van der Waals surface area contributed by atoms with Gasteiger partial charge in [-0.3, -0.25) is 4.79 Å². The molecular formula is C20H25N5O2S. The van der Waals surface area contributed by atoms with E-state index in [9.17, 15) is 10.1 Å². The number of hydrogen-bond acceptors (Lipinski definition) is 6. The minimum absolute atomic E-state index is 0.165. The first-order valence-electron chi connectivity index (χ1n) is 9.96. The number of nitrogens with one attached hydrogen (secondary N) is 1. The third-order valence-electron chi connectivity index (χ3n) is 5.74. The highest BCUT2D eigenvalue weighted by Crippen LogP contribution is 2.40. The lowest BCUT2D eigenvalue weighted by Crippen LogP contribution is -2.21. The van der Waals surface area contributed by atoms with Crippen LogP contribution in [0.1, 0.15) is 79.6 Å². The lowest BCUT2D eigenvalue weighted by atomic mass is 9.95. The van der Waals surface area contributed by atoms with E-state index in [0.717, 1.165) is 36.9 Å². The molecule has 2 aliphatic carbocycles. The summed E-state index contributed by atoms with van der Waals surface area (Å²) in [7, 11) is 0. The fourth-order valence-electron chi connectivity index (χ4n) is 3.95. The van der Waals surface area contributed by atoms with Crippen molar-refractivity contribution < 1.29 is 9.21 Å². The maximum atomic E-state index is 12.6. The SMILES string of the molecule is Cc1c(C#N)c(NC(=O)CSc2nnc(C3CC3)o2)n(C2CCCCC2)c1C. The summed E-state index contributed by atoms with van der Waals surface area (Å²) in [6.07, 6.45) is 8.00. The van der Waals surface area contributed by atoms with Gasteiger partial charge in [-0.05, 0) is 45.1 Å². The number of hydrogen-bond donors (Lipinski definition) is 1. The van der Waals surface area contributed by atoms with E-state index >= 15 is 0 Å². The summed E-state index contributed by atoms with van der Waals surface area (Å²) in [5.74, 6) is 1.72. The molecule has 0 atom stereocenters. The molecule has 0 aromatic carbocycles. The van der Waals surface area contributed by atoms with Crippen LogP contribution in [0.25, 0.3) is 0 Å². The maximum Gasteiger partial charge on any atom is 0.277 e. The molecule has 4 rings (SSSR count). The standard InChI is InChI=1S/C20H25N5O2S/c1-12-13(2)25(15-6-4-3-5-7-15)18(16(12)10-21)22-17(26)11-28-20-24-23-19(27-20)14-8-9-14/h14-15H,3-9,11H2,1-2H3,(H,22,26). The van der Waals surface area contributed by atoms with Crippen LogP contribution in [0.2, 0.25) is 0 Å². The van der Waals surface area contributed by atoms with Gasteiger partial charge in [-0.15, -0.1) is 10.2 Å². The van der Waals surface area contributed by atoms with Crippen molar-refractivity contribution in [3.05, 3.63) is 22.7 Å². The van der Waals surface area contributed by atoms with Gasteiger partial charge in [0.05, 0.1) is 11.3 Å². The van der Waals surface area contributed by atoms with Crippen LogP contribution < -0.4 is 5.32 Å². The van der Waals surface area contributed by atoms with Gasteiger partial charge in [0.2, 0.25) is 11.8 Å². The topological polar surface area (TPSA) is 96.7 Å². The number of aromatic nitrogens is 3. The maximum absolute atomic E-state index is 12.6. The van der Waals surface area contributed by atoms with Gasteiger partial charge in [-0.25, -0.2) is 0 Å². The minimum atomic E-state index is -0.165. The van der Waals surface area contributed by atoms with Gasteiger partial charge in [0, 0.05) is 17.7 Å². The third kappa shape index (κ3) is 3.81. The Bertz CT molecular complexity index is 916. The first kappa shape index (κ1) is 19.1. The zero-order valence-corrected chi connectivity index (χ0v) is 17.1. The van der Waals surface area contributed by atoms with Crippen molar-refractivity contribution in [1.82, 2.24) is 14.8 Å². The second kappa shape index (κ2) is 8.00. The third-order valence-corrected chi connectivity index (χ3v) is 6.56. The molecule has 8 heteroatoms. The average molecular weight is 400 g/mol. The highest BCUT2D eigenvalue weighted by molar-refractivity contribution is 7.99. The molecule has 0 saturated heterocycles. The quantitative estimate of drug-likeness (QED) is 0.720. The summed E-state index contributed by atoms with van der Waals surface area (Å²) in [5, 5.41) is 21.1. The van der Waals surface area contributed by atoms with E-state index in [1.54, 1.807) is 0 Å². The summed E-state index contributed by atoms with van der Waals surface area (Å²) in [6.45, 7) is 3.99. The predicted molar refractivity (Wildman–Crippen MR) is 106 cm³/mol. The molecule has 2 aromatic heterocycles. The summed E-state index contributed by atoms with van der Waals surface area (Å²) >= 11 is 1.24. The highest BCUT2D eigenvalue weighted by Gasteiger charge is 2.30. The summed E-state index contributed by atoms with van der Waals surface area (Å²) in [5.41, 5.74) is 2.58. The van der Waals surface area contributed by atoms with Gasteiger partial charge in [0.15, 0.2) is 0 Å². The Hall–Kier alpha value is -2.27. The van der Waals surface area contributed by atoms with Crippen molar-refractivity contribution in [2.45, 2.75) is 76.0 Å². The van der Waals surface area contributed by atoms with Gasteiger partial charge in [-0.1, -0.05) is 31.0 Å². The molecule has 0 unspecified atom stereocenters. The monoisotopic (exact) mass is 399 g/mol. The van der Waals surface area contributed by atoms with Gasteiger partial charge < -0.3 is 14.3 Å². The Balaban J connectivity index is 1.48. The predicted octanol–water partition coefficient (Wildman–Crippen LogP) is 4.47. The molecule has 2 aliphatic rings. The van der Waals surface area contributed by atoms with Crippen LogP contribution in [0.3, 0.4) is 0 Å². The van der Waals surface area contributed by atoms with E-state index in [0.29, 0.717) is 34.5 Å². The van der Waals surface area contributed by atoms with Crippen molar-refractivity contribution in [3.63, 3.8) is 0 Å². The Morgan fingerprint density at radius 1 is 1.25 bits per heavy atom. The van der Waals surface area contributed by atoms with Crippen LogP contribution in [0.5, 0.6) is 0 Å². The van der Waals surface area contributed by atoms with Gasteiger partial charge in [0.25, 0.3) is 5.22 Å². The van der Waals surface area contributed by atoms with Crippen LogP contribution in [-0.2, 0) is 4.79 Å². The first-order valence-corrected chi connectivity index (χ1v) is 10.9. The molecule has 2 fully saturated rings. The highest BCUT2D eigenvalue weighted by atomic mass is 32.2. The normalized spacial score (nSPS) is 17.5. The molecule has 2 heterocycles. The van der Waals surface area contributed by atoms with E-state index in [1.165, 1.54) is 31.0 Å². The zero-order valence-electron chi connectivity index (χ0n) is 16.3. The summed E-state index contributed by atoms with van der Waals surface area (Å²) < 4.78 is 7.77. The lowest BCUT2D eigenvalue weighted by molar-refractivity contribution is -0.113. The van der Waals surface area contributed by atoms with Crippen molar-refractivity contribution in [2.24, 2.45) is 0 Å². The molecule has 0 radical (unpaired) electrons. The number of nitrogens with zero attached hydrogens (tertiary/aromatic N) is 4. The number of amides is 1. The molecule has 2 saturated carbocycles. The largest absolute Gasteiger partial charge is 0.416 e. The van der Waals surface area contributed by atoms with E-state index in [2.05, 4.69) is 26.2 Å². The zero-order chi connectivity index (χ0) is 19.7.